The van der Waals surface area contributed by atoms with Crippen LogP contribution in [0.25, 0.3) is 0 Å². The minimum atomic E-state index is -0.923. The van der Waals surface area contributed by atoms with Crippen molar-refractivity contribution < 1.29 is 19.7 Å². The number of aromatic hydroxyl groups is 1. The van der Waals surface area contributed by atoms with E-state index in [1.54, 1.807) is 0 Å². The largest absolute Gasteiger partial charge is 0.504 e. The summed E-state index contributed by atoms with van der Waals surface area (Å²) in [7, 11) is 1.83. The molecule has 1 unspecified atom stereocenters. The number of benzene rings is 1. The normalized spacial score (nSPS) is 45.5. The van der Waals surface area contributed by atoms with E-state index in [9.17, 15) is 10.2 Å². The fourth-order valence-corrected chi connectivity index (χ4v) is 9.93. The molecule has 0 aromatic heterocycles. The van der Waals surface area contributed by atoms with Crippen molar-refractivity contribution in [3.8, 4) is 11.5 Å². The van der Waals surface area contributed by atoms with Crippen LogP contribution in [-0.2, 0) is 16.6 Å². The molecule has 5 fully saturated rings. The highest BCUT2D eigenvalue weighted by atomic mass is 16.6. The molecule has 0 radical (unpaired) electrons. The SMILES string of the molecule is CO[C@]12CCC3(C[C@@H]1[C@](C)(O)C(C)(C)C)[C@@]1(CC4CC4)Cc4ccc(O)c5c4[C@@]3(CCN1)[C@H]2O5. The number of piperidine rings is 1. The summed E-state index contributed by atoms with van der Waals surface area (Å²) in [5.41, 5.74) is 0.642. The summed E-state index contributed by atoms with van der Waals surface area (Å²) < 4.78 is 13.5. The molecule has 1 saturated heterocycles. The van der Waals surface area contributed by atoms with Gasteiger partial charge in [0.1, 0.15) is 11.7 Å². The summed E-state index contributed by atoms with van der Waals surface area (Å²) in [4.78, 5) is 0. The summed E-state index contributed by atoms with van der Waals surface area (Å²) in [6.45, 7) is 9.47. The Labute approximate surface area is 203 Å². The number of phenols is 1. The molecule has 2 heterocycles. The number of hydrogen-bond donors (Lipinski definition) is 3. The van der Waals surface area contributed by atoms with E-state index >= 15 is 0 Å². The molecule has 5 aliphatic carbocycles. The molecule has 186 valence electrons. The number of aliphatic hydroxyl groups is 1. The van der Waals surface area contributed by atoms with Crippen LogP contribution in [-0.4, -0.2) is 46.7 Å². The van der Waals surface area contributed by atoms with E-state index in [-0.39, 0.29) is 39.6 Å². The molecule has 0 amide bonds. The van der Waals surface area contributed by atoms with Gasteiger partial charge in [0.05, 0.1) is 5.60 Å². The summed E-state index contributed by atoms with van der Waals surface area (Å²) in [6.07, 6.45) is 8.62. The van der Waals surface area contributed by atoms with Gasteiger partial charge in [-0.2, -0.15) is 0 Å². The molecule has 1 aromatic rings. The van der Waals surface area contributed by atoms with Crippen LogP contribution in [0.15, 0.2) is 12.1 Å². The van der Waals surface area contributed by atoms with Gasteiger partial charge < -0.3 is 25.0 Å². The predicted molar refractivity (Wildman–Crippen MR) is 130 cm³/mol. The average Bonchev–Trinajstić information content (AvgIpc) is 3.51. The molecule has 7 atom stereocenters. The van der Waals surface area contributed by atoms with E-state index in [2.05, 4.69) is 32.2 Å². The van der Waals surface area contributed by atoms with Gasteiger partial charge in [-0.25, -0.2) is 0 Å². The van der Waals surface area contributed by atoms with E-state index in [1.165, 1.54) is 30.4 Å². The molecule has 2 spiro atoms. The Bertz CT molecular complexity index is 1070. The van der Waals surface area contributed by atoms with Gasteiger partial charge in [0.25, 0.3) is 0 Å². The fraction of sp³-hybridized carbons (Fsp3) is 0.793. The van der Waals surface area contributed by atoms with E-state index in [0.29, 0.717) is 5.75 Å². The number of fused-ring (bicyclic) bond motifs is 2. The minimum Gasteiger partial charge on any atom is -0.504 e. The first kappa shape index (κ1) is 21.9. The summed E-state index contributed by atoms with van der Waals surface area (Å²) in [5, 5.41) is 27.4. The van der Waals surface area contributed by atoms with Crippen molar-refractivity contribution in [1.82, 2.24) is 5.32 Å². The van der Waals surface area contributed by atoms with E-state index in [4.69, 9.17) is 9.47 Å². The average molecular weight is 468 g/mol. The second kappa shape index (κ2) is 6.15. The Kier molecular flexibility index (Phi) is 3.97. The number of ether oxygens (including phenoxy) is 2. The second-order valence-electron chi connectivity index (χ2n) is 13.9. The number of nitrogens with one attached hydrogen (secondary N) is 1. The van der Waals surface area contributed by atoms with Crippen molar-refractivity contribution in [3.63, 3.8) is 0 Å². The summed E-state index contributed by atoms with van der Waals surface area (Å²) in [6, 6.07) is 4.00. The van der Waals surface area contributed by atoms with Crippen molar-refractivity contribution in [3.05, 3.63) is 23.3 Å². The van der Waals surface area contributed by atoms with Crippen molar-refractivity contribution in [2.45, 2.75) is 107 Å². The molecular formula is C29H41NO4. The molecule has 1 aromatic carbocycles. The third kappa shape index (κ3) is 2.13. The predicted octanol–water partition coefficient (Wildman–Crippen LogP) is 4.46. The van der Waals surface area contributed by atoms with Gasteiger partial charge in [0, 0.05) is 35.0 Å². The molecule has 2 aliphatic heterocycles. The second-order valence-corrected chi connectivity index (χ2v) is 13.9. The number of rotatable bonds is 4. The highest BCUT2D eigenvalue weighted by Crippen LogP contribution is 2.79. The molecular weight excluding hydrogens is 426 g/mol. The first-order valence-corrected chi connectivity index (χ1v) is 13.5. The molecule has 34 heavy (non-hydrogen) atoms. The lowest BCUT2D eigenvalue weighted by atomic mass is 9.30. The Hall–Kier alpha value is -1.30. The zero-order valence-corrected chi connectivity index (χ0v) is 21.5. The van der Waals surface area contributed by atoms with Crippen molar-refractivity contribution >= 4 is 0 Å². The molecule has 5 nitrogen and oxygen atoms in total. The molecule has 4 saturated carbocycles. The van der Waals surface area contributed by atoms with Gasteiger partial charge >= 0.3 is 0 Å². The number of phenolic OH excluding ortho intramolecular Hbond substituents is 1. The minimum absolute atomic E-state index is 0.00610. The Balaban J connectivity index is 1.53. The highest BCUT2D eigenvalue weighted by molar-refractivity contribution is 5.64. The van der Waals surface area contributed by atoms with Crippen LogP contribution in [0.1, 0.15) is 83.8 Å². The van der Waals surface area contributed by atoms with Gasteiger partial charge in [-0.05, 0) is 75.0 Å². The highest BCUT2D eigenvalue weighted by Gasteiger charge is 2.84. The Morgan fingerprint density at radius 1 is 1.15 bits per heavy atom. The molecule has 7 aliphatic rings. The standard InChI is InChI=1S/C29H41NO4/c1-24(2,3)25(4,32)20-16-26-10-11-29(20,33-5)23-28(26)12-13-30-27(26,14-17-6-7-17)15-18-8-9-19(31)22(34-23)21(18)28/h8-9,17,20,23,30-32H,6-7,10-16H2,1-5H3/t20-,23-,25+,26?,27-,28+,29-/m1/s1. The molecule has 5 heteroatoms. The fourth-order valence-electron chi connectivity index (χ4n) is 9.93. The van der Waals surface area contributed by atoms with Crippen LogP contribution in [0.2, 0.25) is 0 Å². The van der Waals surface area contributed by atoms with Crippen LogP contribution < -0.4 is 10.1 Å². The number of hydrogen-bond acceptors (Lipinski definition) is 5. The van der Waals surface area contributed by atoms with E-state index in [1.807, 2.05) is 20.1 Å². The maximum Gasteiger partial charge on any atom is 0.165 e. The van der Waals surface area contributed by atoms with Crippen molar-refractivity contribution in [2.24, 2.45) is 22.7 Å². The van der Waals surface area contributed by atoms with Crippen LogP contribution in [0.4, 0.5) is 0 Å². The van der Waals surface area contributed by atoms with Gasteiger partial charge in [0.15, 0.2) is 11.5 Å². The van der Waals surface area contributed by atoms with Gasteiger partial charge in [-0.3, -0.25) is 0 Å². The van der Waals surface area contributed by atoms with Gasteiger partial charge in [-0.1, -0.05) is 39.7 Å². The molecule has 8 rings (SSSR count). The monoisotopic (exact) mass is 467 g/mol. The quantitative estimate of drug-likeness (QED) is 0.610. The lowest BCUT2D eigenvalue weighted by Crippen LogP contribution is -2.86. The van der Waals surface area contributed by atoms with Crippen molar-refractivity contribution in [2.75, 3.05) is 13.7 Å². The van der Waals surface area contributed by atoms with Crippen LogP contribution in [0.5, 0.6) is 11.5 Å². The van der Waals surface area contributed by atoms with Crippen LogP contribution in [0, 0.1) is 22.7 Å². The number of methoxy groups -OCH3 is 1. The van der Waals surface area contributed by atoms with E-state index < -0.39 is 11.2 Å². The first-order valence-electron chi connectivity index (χ1n) is 13.5. The first-order chi connectivity index (χ1) is 16.0. The van der Waals surface area contributed by atoms with Gasteiger partial charge in [-0.15, -0.1) is 0 Å². The molecule has 3 N–H and O–H groups in total. The van der Waals surface area contributed by atoms with Gasteiger partial charge in [0.2, 0.25) is 0 Å². The maximum absolute atomic E-state index is 12.2. The van der Waals surface area contributed by atoms with Crippen molar-refractivity contribution in [1.29, 1.82) is 0 Å². The maximum atomic E-state index is 12.2. The Morgan fingerprint density at radius 2 is 1.91 bits per heavy atom. The third-order valence-corrected chi connectivity index (χ3v) is 12.0. The summed E-state index contributed by atoms with van der Waals surface area (Å²) in [5.74, 6) is 1.71. The zero-order valence-electron chi connectivity index (χ0n) is 21.5. The van der Waals surface area contributed by atoms with E-state index in [0.717, 1.165) is 44.6 Å². The Morgan fingerprint density at radius 3 is 2.59 bits per heavy atom. The van der Waals surface area contributed by atoms with Crippen LogP contribution >= 0.6 is 0 Å². The summed E-state index contributed by atoms with van der Waals surface area (Å²) >= 11 is 0. The third-order valence-electron chi connectivity index (χ3n) is 12.0. The lowest BCUT2D eigenvalue weighted by Gasteiger charge is -2.77. The smallest absolute Gasteiger partial charge is 0.165 e. The zero-order chi connectivity index (χ0) is 23.9. The topological polar surface area (TPSA) is 71.0 Å². The molecule has 4 bridgehead atoms. The lowest BCUT2D eigenvalue weighted by molar-refractivity contribution is -0.315. The van der Waals surface area contributed by atoms with Crippen LogP contribution in [0.3, 0.4) is 0 Å².